The van der Waals surface area contributed by atoms with Gasteiger partial charge in [-0.2, -0.15) is 0 Å². The highest BCUT2D eigenvalue weighted by atomic mass is 35.5. The smallest absolute Gasteiger partial charge is 0.129 e. The number of likely N-dealkylation sites (tertiary alicyclic amines) is 1. The van der Waals surface area contributed by atoms with Crippen LogP contribution in [0, 0.1) is 5.82 Å². The van der Waals surface area contributed by atoms with Gasteiger partial charge in [0.2, 0.25) is 0 Å². The molecule has 18 heavy (non-hydrogen) atoms. The van der Waals surface area contributed by atoms with Crippen molar-refractivity contribution in [1.29, 1.82) is 0 Å². The highest BCUT2D eigenvalue weighted by Crippen LogP contribution is 2.23. The van der Waals surface area contributed by atoms with Gasteiger partial charge in [0.05, 0.1) is 0 Å². The molecule has 1 aromatic carbocycles. The fraction of sp³-hybridized carbons (Fsp3) is 0.571. The van der Waals surface area contributed by atoms with Crippen LogP contribution in [0.25, 0.3) is 0 Å². The van der Waals surface area contributed by atoms with E-state index < -0.39 is 0 Å². The maximum atomic E-state index is 13.7. The first-order valence-electron chi connectivity index (χ1n) is 6.38. The van der Waals surface area contributed by atoms with Crippen molar-refractivity contribution in [3.63, 3.8) is 0 Å². The van der Waals surface area contributed by atoms with E-state index in [9.17, 15) is 4.39 Å². The summed E-state index contributed by atoms with van der Waals surface area (Å²) in [6.45, 7) is 4.91. The van der Waals surface area contributed by atoms with E-state index in [1.807, 2.05) is 7.05 Å². The second kappa shape index (κ2) is 5.55. The minimum absolute atomic E-state index is 0.204. The van der Waals surface area contributed by atoms with E-state index in [1.165, 1.54) is 6.07 Å². The quantitative estimate of drug-likeness (QED) is 0.908. The first kappa shape index (κ1) is 13.8. The van der Waals surface area contributed by atoms with Crippen LogP contribution in [-0.2, 0) is 6.54 Å². The molecule has 0 unspecified atom stereocenters. The Morgan fingerprint density at radius 2 is 2.06 bits per heavy atom. The van der Waals surface area contributed by atoms with Crippen molar-refractivity contribution < 1.29 is 4.39 Å². The van der Waals surface area contributed by atoms with E-state index in [4.69, 9.17) is 11.6 Å². The molecule has 1 heterocycles. The lowest BCUT2D eigenvalue weighted by atomic mass is 9.90. The second-order valence-electron chi connectivity index (χ2n) is 5.32. The first-order valence-corrected chi connectivity index (χ1v) is 6.75. The zero-order valence-electron chi connectivity index (χ0n) is 11.0. The third kappa shape index (κ3) is 3.22. The zero-order chi connectivity index (χ0) is 13.2. The van der Waals surface area contributed by atoms with Crippen molar-refractivity contribution >= 4 is 11.6 Å². The number of nitrogens with one attached hydrogen (secondary N) is 1. The summed E-state index contributed by atoms with van der Waals surface area (Å²) >= 11 is 5.75. The SMILES string of the molecule is CNC1(C)CCN(Cc2ccc(Cl)cc2F)CC1. The Morgan fingerprint density at radius 3 is 2.61 bits per heavy atom. The average Bonchev–Trinajstić information content (AvgIpc) is 2.36. The van der Waals surface area contributed by atoms with Crippen molar-refractivity contribution in [2.24, 2.45) is 0 Å². The summed E-state index contributed by atoms with van der Waals surface area (Å²) in [4.78, 5) is 2.30. The minimum Gasteiger partial charge on any atom is -0.314 e. The van der Waals surface area contributed by atoms with Crippen molar-refractivity contribution in [3.05, 3.63) is 34.6 Å². The molecule has 0 spiro atoms. The topological polar surface area (TPSA) is 15.3 Å². The molecule has 2 nitrogen and oxygen atoms in total. The van der Waals surface area contributed by atoms with Crippen LogP contribution in [0.5, 0.6) is 0 Å². The van der Waals surface area contributed by atoms with Crippen LogP contribution in [0.4, 0.5) is 4.39 Å². The maximum Gasteiger partial charge on any atom is 0.129 e. The van der Waals surface area contributed by atoms with Crippen LogP contribution in [0.1, 0.15) is 25.3 Å². The van der Waals surface area contributed by atoms with Gasteiger partial charge in [0, 0.05) is 35.8 Å². The van der Waals surface area contributed by atoms with Gasteiger partial charge in [-0.15, -0.1) is 0 Å². The maximum absolute atomic E-state index is 13.7. The van der Waals surface area contributed by atoms with Crippen LogP contribution < -0.4 is 5.32 Å². The molecule has 1 saturated heterocycles. The molecule has 2 rings (SSSR count). The highest BCUT2D eigenvalue weighted by molar-refractivity contribution is 6.30. The van der Waals surface area contributed by atoms with E-state index in [2.05, 4.69) is 17.1 Å². The van der Waals surface area contributed by atoms with Crippen molar-refractivity contribution in [2.45, 2.75) is 31.8 Å². The third-order valence-electron chi connectivity index (χ3n) is 3.97. The number of halogens is 2. The summed E-state index contributed by atoms with van der Waals surface area (Å²) in [6.07, 6.45) is 2.19. The number of rotatable bonds is 3. The van der Waals surface area contributed by atoms with Gasteiger partial charge < -0.3 is 5.32 Å². The normalized spacial score (nSPS) is 20.0. The molecule has 100 valence electrons. The van der Waals surface area contributed by atoms with E-state index in [0.717, 1.165) is 31.5 Å². The molecule has 0 radical (unpaired) electrons. The van der Waals surface area contributed by atoms with E-state index >= 15 is 0 Å². The van der Waals surface area contributed by atoms with Gasteiger partial charge in [-0.1, -0.05) is 17.7 Å². The second-order valence-corrected chi connectivity index (χ2v) is 5.76. The minimum atomic E-state index is -0.204. The predicted octanol–water partition coefficient (Wildman–Crippen LogP) is 3.05. The lowest BCUT2D eigenvalue weighted by Gasteiger charge is -2.39. The number of nitrogens with zero attached hydrogens (tertiary/aromatic N) is 1. The summed E-state index contributed by atoms with van der Waals surface area (Å²) in [5.41, 5.74) is 0.960. The first-order chi connectivity index (χ1) is 8.52. The summed E-state index contributed by atoms with van der Waals surface area (Å²) < 4.78 is 13.7. The highest BCUT2D eigenvalue weighted by Gasteiger charge is 2.28. The Kier molecular flexibility index (Phi) is 4.25. The van der Waals surface area contributed by atoms with Gasteiger partial charge in [-0.3, -0.25) is 4.90 Å². The zero-order valence-corrected chi connectivity index (χ0v) is 11.7. The molecular formula is C14H20ClFN2. The summed E-state index contributed by atoms with van der Waals surface area (Å²) in [6, 6.07) is 4.92. The van der Waals surface area contributed by atoms with E-state index in [1.54, 1.807) is 12.1 Å². The lowest BCUT2D eigenvalue weighted by molar-refractivity contribution is 0.145. The summed E-state index contributed by atoms with van der Waals surface area (Å²) in [5.74, 6) is -0.204. The average molecular weight is 271 g/mol. The third-order valence-corrected chi connectivity index (χ3v) is 4.21. The van der Waals surface area contributed by atoms with Crippen LogP contribution >= 0.6 is 11.6 Å². The van der Waals surface area contributed by atoms with Crippen LogP contribution in [0.15, 0.2) is 18.2 Å². The molecular weight excluding hydrogens is 251 g/mol. The summed E-state index contributed by atoms with van der Waals surface area (Å²) in [7, 11) is 2.01. The molecule has 0 atom stereocenters. The standard InChI is InChI=1S/C14H20ClFN2/c1-14(17-2)5-7-18(8-6-14)10-11-3-4-12(15)9-13(11)16/h3-4,9,17H,5-8,10H2,1-2H3. The Hall–Kier alpha value is -0.640. The van der Waals surface area contributed by atoms with Crippen LogP contribution in [0.3, 0.4) is 0 Å². The molecule has 1 aliphatic rings. The van der Waals surface area contributed by atoms with Crippen molar-refractivity contribution in [3.8, 4) is 0 Å². The van der Waals surface area contributed by atoms with Gasteiger partial charge >= 0.3 is 0 Å². The van der Waals surface area contributed by atoms with Gasteiger partial charge in [-0.25, -0.2) is 4.39 Å². The monoisotopic (exact) mass is 270 g/mol. The molecule has 1 aromatic rings. The predicted molar refractivity (Wildman–Crippen MR) is 73.4 cm³/mol. The fourth-order valence-electron chi connectivity index (χ4n) is 2.35. The fourth-order valence-corrected chi connectivity index (χ4v) is 2.50. The van der Waals surface area contributed by atoms with E-state index in [-0.39, 0.29) is 11.4 Å². The molecule has 0 aliphatic carbocycles. The molecule has 4 heteroatoms. The number of hydrogen-bond acceptors (Lipinski definition) is 2. The Bertz CT molecular complexity index is 414. The van der Waals surface area contributed by atoms with Crippen LogP contribution in [-0.4, -0.2) is 30.6 Å². The van der Waals surface area contributed by atoms with Gasteiger partial charge in [0.1, 0.15) is 5.82 Å². The Balaban J connectivity index is 1.95. The molecule has 0 saturated carbocycles. The Morgan fingerprint density at radius 1 is 1.39 bits per heavy atom. The van der Waals surface area contributed by atoms with Crippen molar-refractivity contribution in [2.75, 3.05) is 20.1 Å². The molecule has 0 aromatic heterocycles. The van der Waals surface area contributed by atoms with Crippen molar-refractivity contribution in [1.82, 2.24) is 10.2 Å². The Labute approximate surface area is 113 Å². The molecule has 1 aliphatic heterocycles. The number of benzene rings is 1. The molecule has 0 amide bonds. The van der Waals surface area contributed by atoms with Gasteiger partial charge in [0.15, 0.2) is 0 Å². The number of hydrogen-bond donors (Lipinski definition) is 1. The molecule has 1 fully saturated rings. The summed E-state index contributed by atoms with van der Waals surface area (Å²) in [5, 5.41) is 3.82. The largest absolute Gasteiger partial charge is 0.314 e. The lowest BCUT2D eigenvalue weighted by Crippen LogP contribution is -2.49. The molecule has 0 bridgehead atoms. The van der Waals surface area contributed by atoms with E-state index in [0.29, 0.717) is 11.6 Å². The molecule has 1 N–H and O–H groups in total. The number of piperidine rings is 1. The van der Waals surface area contributed by atoms with Crippen LogP contribution in [0.2, 0.25) is 5.02 Å². The van der Waals surface area contributed by atoms with Gasteiger partial charge in [0.25, 0.3) is 0 Å². The van der Waals surface area contributed by atoms with Gasteiger partial charge in [-0.05, 0) is 38.9 Å².